The van der Waals surface area contributed by atoms with Gasteiger partial charge < -0.3 is 10.1 Å². The molecule has 0 bridgehead atoms. The zero-order valence-corrected chi connectivity index (χ0v) is 11.4. The van der Waals surface area contributed by atoms with E-state index >= 15 is 0 Å². The Morgan fingerprint density at radius 2 is 2.26 bits per heavy atom. The van der Waals surface area contributed by atoms with Crippen molar-refractivity contribution in [3.05, 3.63) is 29.6 Å². The van der Waals surface area contributed by atoms with E-state index in [1.807, 2.05) is 6.92 Å². The molecule has 1 aliphatic carbocycles. The Balaban J connectivity index is 2.03. The maximum atomic E-state index is 13.7. The molecule has 1 aromatic carbocycles. The molecule has 0 heterocycles. The zero-order valence-electron chi connectivity index (χ0n) is 11.4. The number of anilines is 1. The lowest BCUT2D eigenvalue weighted by atomic mass is 9.81. The first-order valence-electron chi connectivity index (χ1n) is 6.74. The maximum absolute atomic E-state index is 13.7. The van der Waals surface area contributed by atoms with E-state index in [-0.39, 0.29) is 11.9 Å². The standard InChI is InChI=1S/C15H20FNO2/c1-10(8-11-4-3-5-11)17-14-9-12(15(18)19-2)6-7-13(14)16/h6-7,9-11,17H,3-5,8H2,1-2H3. The van der Waals surface area contributed by atoms with E-state index in [1.54, 1.807) is 0 Å². The second kappa shape index (κ2) is 6.04. The number of esters is 1. The van der Waals surface area contributed by atoms with Gasteiger partial charge >= 0.3 is 5.97 Å². The van der Waals surface area contributed by atoms with Crippen molar-refractivity contribution in [1.29, 1.82) is 0 Å². The van der Waals surface area contributed by atoms with E-state index in [1.165, 1.54) is 44.6 Å². The lowest BCUT2D eigenvalue weighted by Crippen LogP contribution is -2.23. The highest BCUT2D eigenvalue weighted by Gasteiger charge is 2.20. The maximum Gasteiger partial charge on any atom is 0.337 e. The van der Waals surface area contributed by atoms with E-state index in [0.29, 0.717) is 11.3 Å². The van der Waals surface area contributed by atoms with Gasteiger partial charge in [0.2, 0.25) is 0 Å². The molecule has 1 fully saturated rings. The lowest BCUT2D eigenvalue weighted by molar-refractivity contribution is 0.0600. The largest absolute Gasteiger partial charge is 0.465 e. The number of hydrogen-bond acceptors (Lipinski definition) is 3. The summed E-state index contributed by atoms with van der Waals surface area (Å²) in [4.78, 5) is 11.4. The summed E-state index contributed by atoms with van der Waals surface area (Å²) in [6, 6.07) is 4.44. The molecule has 19 heavy (non-hydrogen) atoms. The van der Waals surface area contributed by atoms with Crippen LogP contribution in [0.2, 0.25) is 0 Å². The number of benzene rings is 1. The van der Waals surface area contributed by atoms with Gasteiger partial charge in [0.25, 0.3) is 0 Å². The van der Waals surface area contributed by atoms with Crippen LogP contribution in [0.5, 0.6) is 0 Å². The molecule has 1 aliphatic rings. The van der Waals surface area contributed by atoms with Gasteiger partial charge in [0.1, 0.15) is 5.82 Å². The molecule has 2 rings (SSSR count). The van der Waals surface area contributed by atoms with Crippen LogP contribution < -0.4 is 5.32 Å². The van der Waals surface area contributed by atoms with Crippen molar-refractivity contribution in [2.24, 2.45) is 5.92 Å². The summed E-state index contributed by atoms with van der Waals surface area (Å²) < 4.78 is 18.4. The normalized spacial score (nSPS) is 16.6. The fraction of sp³-hybridized carbons (Fsp3) is 0.533. The molecule has 0 spiro atoms. The molecule has 1 N–H and O–H groups in total. The SMILES string of the molecule is COC(=O)c1ccc(F)c(NC(C)CC2CCC2)c1. The van der Waals surface area contributed by atoms with Crippen LogP contribution in [0, 0.1) is 11.7 Å². The van der Waals surface area contributed by atoms with Gasteiger partial charge in [0.15, 0.2) is 0 Å². The Kier molecular flexibility index (Phi) is 4.40. The Hall–Kier alpha value is -1.58. The van der Waals surface area contributed by atoms with E-state index in [0.717, 1.165) is 12.3 Å². The van der Waals surface area contributed by atoms with Gasteiger partial charge in [-0.05, 0) is 37.5 Å². The van der Waals surface area contributed by atoms with Gasteiger partial charge in [-0.15, -0.1) is 0 Å². The molecule has 0 radical (unpaired) electrons. The number of carbonyl (C=O) groups excluding carboxylic acids is 1. The Morgan fingerprint density at radius 1 is 1.53 bits per heavy atom. The highest BCUT2D eigenvalue weighted by molar-refractivity contribution is 5.90. The number of ether oxygens (including phenoxy) is 1. The molecule has 1 atom stereocenters. The number of carbonyl (C=O) groups is 1. The Bertz CT molecular complexity index is 457. The van der Waals surface area contributed by atoms with Gasteiger partial charge in [-0.3, -0.25) is 0 Å². The van der Waals surface area contributed by atoms with Crippen LogP contribution in [0.25, 0.3) is 0 Å². The fourth-order valence-electron chi connectivity index (χ4n) is 2.43. The van der Waals surface area contributed by atoms with Gasteiger partial charge in [-0.2, -0.15) is 0 Å². The van der Waals surface area contributed by atoms with E-state index in [4.69, 9.17) is 0 Å². The summed E-state index contributed by atoms with van der Waals surface area (Å²) in [5, 5.41) is 3.15. The van der Waals surface area contributed by atoms with Crippen molar-refractivity contribution in [2.45, 2.75) is 38.6 Å². The third-order valence-electron chi connectivity index (χ3n) is 3.70. The number of methoxy groups -OCH3 is 1. The van der Waals surface area contributed by atoms with Crippen molar-refractivity contribution in [2.75, 3.05) is 12.4 Å². The number of hydrogen-bond donors (Lipinski definition) is 1. The average molecular weight is 265 g/mol. The van der Waals surface area contributed by atoms with Gasteiger partial charge in [-0.25, -0.2) is 9.18 Å². The van der Waals surface area contributed by atoms with Gasteiger partial charge in [0, 0.05) is 6.04 Å². The van der Waals surface area contributed by atoms with Gasteiger partial charge in [0.05, 0.1) is 18.4 Å². The van der Waals surface area contributed by atoms with E-state index < -0.39 is 5.97 Å². The molecule has 0 amide bonds. The van der Waals surface area contributed by atoms with Crippen molar-refractivity contribution < 1.29 is 13.9 Å². The van der Waals surface area contributed by atoms with Crippen molar-refractivity contribution in [1.82, 2.24) is 0 Å². The lowest BCUT2D eigenvalue weighted by Gasteiger charge is -2.29. The first-order valence-corrected chi connectivity index (χ1v) is 6.74. The minimum atomic E-state index is -0.449. The first kappa shape index (κ1) is 13.8. The third-order valence-corrected chi connectivity index (χ3v) is 3.70. The monoisotopic (exact) mass is 265 g/mol. The van der Waals surface area contributed by atoms with E-state index in [9.17, 15) is 9.18 Å². The molecule has 1 aromatic rings. The van der Waals surface area contributed by atoms with Crippen LogP contribution in [-0.2, 0) is 4.74 Å². The smallest absolute Gasteiger partial charge is 0.337 e. The van der Waals surface area contributed by atoms with Crippen LogP contribution in [-0.4, -0.2) is 19.1 Å². The predicted octanol–water partition coefficient (Wildman–Crippen LogP) is 3.60. The highest BCUT2D eigenvalue weighted by Crippen LogP contribution is 2.31. The molecule has 1 saturated carbocycles. The van der Waals surface area contributed by atoms with Crippen LogP contribution in [0.4, 0.5) is 10.1 Å². The summed E-state index contributed by atoms with van der Waals surface area (Å²) >= 11 is 0. The topological polar surface area (TPSA) is 38.3 Å². The molecular formula is C15H20FNO2. The molecule has 4 heteroatoms. The minimum absolute atomic E-state index is 0.202. The van der Waals surface area contributed by atoms with Crippen molar-refractivity contribution in [3.63, 3.8) is 0 Å². The molecule has 0 aliphatic heterocycles. The van der Waals surface area contributed by atoms with Crippen molar-refractivity contribution in [3.8, 4) is 0 Å². The zero-order chi connectivity index (χ0) is 13.8. The third kappa shape index (κ3) is 3.46. The molecule has 104 valence electrons. The second-order valence-corrected chi connectivity index (χ2v) is 5.26. The van der Waals surface area contributed by atoms with Crippen molar-refractivity contribution >= 4 is 11.7 Å². The predicted molar refractivity (Wildman–Crippen MR) is 72.8 cm³/mol. The summed E-state index contributed by atoms with van der Waals surface area (Å²) in [6.45, 7) is 2.04. The number of nitrogens with one attached hydrogen (secondary N) is 1. The van der Waals surface area contributed by atoms with Gasteiger partial charge in [-0.1, -0.05) is 19.3 Å². The molecule has 3 nitrogen and oxygen atoms in total. The van der Waals surface area contributed by atoms with Crippen LogP contribution in [0.3, 0.4) is 0 Å². The van der Waals surface area contributed by atoms with Crippen LogP contribution in [0.1, 0.15) is 43.0 Å². The van der Waals surface area contributed by atoms with Crippen LogP contribution in [0.15, 0.2) is 18.2 Å². The number of halogens is 1. The fourth-order valence-corrected chi connectivity index (χ4v) is 2.43. The highest BCUT2D eigenvalue weighted by atomic mass is 19.1. The quantitative estimate of drug-likeness (QED) is 0.827. The second-order valence-electron chi connectivity index (χ2n) is 5.26. The molecule has 1 unspecified atom stereocenters. The summed E-state index contributed by atoms with van der Waals surface area (Å²) in [7, 11) is 1.32. The van der Waals surface area contributed by atoms with E-state index in [2.05, 4.69) is 10.1 Å². The molecule has 0 aromatic heterocycles. The minimum Gasteiger partial charge on any atom is -0.465 e. The van der Waals surface area contributed by atoms with Crippen LogP contribution >= 0.6 is 0 Å². The summed E-state index contributed by atoms with van der Waals surface area (Å²) in [5.74, 6) is -0.0304. The summed E-state index contributed by atoms with van der Waals surface area (Å²) in [6.07, 6.45) is 4.90. The first-order chi connectivity index (χ1) is 9.10. The number of rotatable bonds is 5. The average Bonchev–Trinajstić information content (AvgIpc) is 2.35. The Morgan fingerprint density at radius 3 is 2.84 bits per heavy atom. The molecule has 0 saturated heterocycles. The summed E-state index contributed by atoms with van der Waals surface area (Å²) in [5.41, 5.74) is 0.733. The molecular weight excluding hydrogens is 245 g/mol. The Labute approximate surface area is 113 Å².